The molecule has 0 bridgehead atoms. The summed E-state index contributed by atoms with van der Waals surface area (Å²) in [6.07, 6.45) is 3.55. The minimum absolute atomic E-state index is 0.437. The maximum Gasteiger partial charge on any atom is 0.152 e. The Kier molecular flexibility index (Phi) is 3.55. The Morgan fingerprint density at radius 3 is 2.14 bits per heavy atom. The van der Waals surface area contributed by atoms with Gasteiger partial charge in [0.05, 0.1) is 13.2 Å². The third-order valence-corrected chi connectivity index (χ3v) is 1.95. The first-order valence-electron chi connectivity index (χ1n) is 4.86. The van der Waals surface area contributed by atoms with Crippen molar-refractivity contribution in [1.29, 1.82) is 0 Å². The molecule has 1 fully saturated rings. The van der Waals surface area contributed by atoms with Gasteiger partial charge in [-0.05, 0) is 12.5 Å². The van der Waals surface area contributed by atoms with E-state index in [0.717, 1.165) is 5.56 Å². The van der Waals surface area contributed by atoms with Crippen molar-refractivity contribution in [3.05, 3.63) is 23.8 Å². The molecule has 1 aliphatic rings. The van der Waals surface area contributed by atoms with Crippen molar-refractivity contribution in [3.8, 4) is 0 Å². The van der Waals surface area contributed by atoms with E-state index in [-0.39, 0.29) is 0 Å². The molecule has 0 spiro atoms. The molecule has 2 rings (SSSR count). The van der Waals surface area contributed by atoms with Crippen LogP contribution in [0.2, 0.25) is 0 Å². The molecule has 1 saturated heterocycles. The topological polar surface area (TPSA) is 61.0 Å². The Hall–Kier alpha value is -1.00. The van der Waals surface area contributed by atoms with E-state index in [4.69, 9.17) is 10.5 Å². The number of hydrogen-bond donors (Lipinski definition) is 1. The second-order valence-corrected chi connectivity index (χ2v) is 3.23. The molecule has 0 aromatic carbocycles. The van der Waals surface area contributed by atoms with E-state index < -0.39 is 5.54 Å². The average Bonchev–Trinajstić information content (AvgIpc) is 2.19. The van der Waals surface area contributed by atoms with Crippen LogP contribution < -0.4 is 5.73 Å². The number of aryl methyl sites for hydroxylation is 1. The van der Waals surface area contributed by atoms with E-state index in [1.165, 1.54) is 0 Å². The van der Waals surface area contributed by atoms with Gasteiger partial charge in [-0.1, -0.05) is 13.8 Å². The van der Waals surface area contributed by atoms with Gasteiger partial charge in [0.2, 0.25) is 0 Å². The maximum atomic E-state index is 5.92. The van der Waals surface area contributed by atoms with E-state index >= 15 is 0 Å². The van der Waals surface area contributed by atoms with Gasteiger partial charge in [0.15, 0.2) is 5.82 Å². The summed E-state index contributed by atoms with van der Waals surface area (Å²) >= 11 is 0. The predicted molar refractivity (Wildman–Crippen MR) is 54.8 cm³/mol. The normalized spacial score (nSPS) is 17.7. The highest BCUT2D eigenvalue weighted by Crippen LogP contribution is 2.22. The van der Waals surface area contributed by atoms with Crippen LogP contribution >= 0.6 is 0 Å². The number of nitrogens with zero attached hydrogens (tertiary/aromatic N) is 2. The molecular weight excluding hydrogens is 178 g/mol. The largest absolute Gasteiger partial charge is 0.376 e. The highest BCUT2D eigenvalue weighted by atomic mass is 16.5. The quantitative estimate of drug-likeness (QED) is 0.726. The van der Waals surface area contributed by atoms with Crippen molar-refractivity contribution < 1.29 is 4.74 Å². The highest BCUT2D eigenvalue weighted by Gasteiger charge is 2.38. The Balaban J connectivity index is 0.000000461. The second-order valence-electron chi connectivity index (χ2n) is 3.23. The number of rotatable bonds is 1. The van der Waals surface area contributed by atoms with Gasteiger partial charge in [-0.15, -0.1) is 0 Å². The van der Waals surface area contributed by atoms with E-state index in [1.807, 2.05) is 20.8 Å². The molecule has 0 unspecified atom stereocenters. The zero-order valence-electron chi connectivity index (χ0n) is 8.95. The molecule has 4 heteroatoms. The monoisotopic (exact) mass is 195 g/mol. The van der Waals surface area contributed by atoms with Crippen LogP contribution in [0.1, 0.15) is 25.2 Å². The fourth-order valence-electron chi connectivity index (χ4n) is 1.10. The number of nitrogens with two attached hydrogens (primary N) is 1. The van der Waals surface area contributed by atoms with Crippen molar-refractivity contribution >= 4 is 0 Å². The minimum atomic E-state index is -0.437. The lowest BCUT2D eigenvalue weighted by atomic mass is 9.98. The molecule has 0 radical (unpaired) electrons. The second kappa shape index (κ2) is 4.48. The summed E-state index contributed by atoms with van der Waals surface area (Å²) in [4.78, 5) is 8.31. The number of ether oxygens (including phenoxy) is 1. The predicted octanol–water partition coefficient (Wildman–Crippen LogP) is 0.995. The molecule has 2 N–H and O–H groups in total. The van der Waals surface area contributed by atoms with Gasteiger partial charge >= 0.3 is 0 Å². The van der Waals surface area contributed by atoms with Crippen LogP contribution in [-0.2, 0) is 10.3 Å². The van der Waals surface area contributed by atoms with Crippen LogP contribution in [0.15, 0.2) is 12.4 Å². The highest BCUT2D eigenvalue weighted by molar-refractivity contribution is 5.12. The third kappa shape index (κ3) is 2.08. The SMILES string of the molecule is CC.Cc1cnc(C2(N)COC2)nc1. The lowest BCUT2D eigenvalue weighted by Gasteiger charge is -2.35. The molecule has 0 amide bonds. The van der Waals surface area contributed by atoms with Gasteiger partial charge in [-0.3, -0.25) is 0 Å². The van der Waals surface area contributed by atoms with Crippen molar-refractivity contribution in [3.63, 3.8) is 0 Å². The summed E-state index contributed by atoms with van der Waals surface area (Å²) in [5.41, 5.74) is 6.53. The Bertz CT molecular complexity index is 280. The van der Waals surface area contributed by atoms with Gasteiger partial charge in [-0.25, -0.2) is 9.97 Å². The molecule has 1 aromatic rings. The molecule has 1 aromatic heterocycles. The van der Waals surface area contributed by atoms with Crippen LogP contribution in [-0.4, -0.2) is 23.2 Å². The minimum Gasteiger partial charge on any atom is -0.376 e. The standard InChI is InChI=1S/C8H11N3O.C2H6/c1-6-2-10-7(11-3-6)8(9)4-12-5-8;1-2/h2-3H,4-5,9H2,1H3;1-2H3. The molecule has 4 nitrogen and oxygen atoms in total. The van der Waals surface area contributed by atoms with E-state index in [0.29, 0.717) is 19.0 Å². The lowest BCUT2D eigenvalue weighted by molar-refractivity contribution is -0.0613. The summed E-state index contributed by atoms with van der Waals surface area (Å²) in [6.45, 7) is 7.00. The lowest BCUT2D eigenvalue weighted by Crippen LogP contribution is -2.55. The van der Waals surface area contributed by atoms with Crippen LogP contribution in [0.3, 0.4) is 0 Å². The van der Waals surface area contributed by atoms with E-state index in [9.17, 15) is 0 Å². The summed E-state index contributed by atoms with van der Waals surface area (Å²) in [5.74, 6) is 0.680. The van der Waals surface area contributed by atoms with Crippen LogP contribution in [0.4, 0.5) is 0 Å². The molecule has 14 heavy (non-hydrogen) atoms. The van der Waals surface area contributed by atoms with Crippen molar-refractivity contribution in [2.24, 2.45) is 5.73 Å². The third-order valence-electron chi connectivity index (χ3n) is 1.95. The van der Waals surface area contributed by atoms with Crippen molar-refractivity contribution in [2.45, 2.75) is 26.3 Å². The first-order valence-corrected chi connectivity index (χ1v) is 4.86. The first kappa shape index (κ1) is 11.1. The molecule has 1 aliphatic heterocycles. The van der Waals surface area contributed by atoms with Gasteiger partial charge in [0, 0.05) is 12.4 Å². The Labute approximate surface area is 84.5 Å². The molecule has 0 atom stereocenters. The van der Waals surface area contributed by atoms with E-state index in [1.54, 1.807) is 12.4 Å². The molecule has 2 heterocycles. The molecule has 78 valence electrons. The van der Waals surface area contributed by atoms with Gasteiger partial charge < -0.3 is 10.5 Å². The maximum absolute atomic E-state index is 5.92. The summed E-state index contributed by atoms with van der Waals surface area (Å²) in [6, 6.07) is 0. The zero-order valence-corrected chi connectivity index (χ0v) is 8.95. The summed E-state index contributed by atoms with van der Waals surface area (Å²) in [7, 11) is 0. The molecular formula is C10H17N3O. The summed E-state index contributed by atoms with van der Waals surface area (Å²) in [5, 5.41) is 0. The van der Waals surface area contributed by atoms with Crippen LogP contribution in [0.5, 0.6) is 0 Å². The molecule has 0 saturated carbocycles. The number of hydrogen-bond acceptors (Lipinski definition) is 4. The smallest absolute Gasteiger partial charge is 0.152 e. The van der Waals surface area contributed by atoms with Crippen LogP contribution in [0, 0.1) is 6.92 Å². The van der Waals surface area contributed by atoms with Gasteiger partial charge in [0.1, 0.15) is 5.54 Å². The van der Waals surface area contributed by atoms with Crippen molar-refractivity contribution in [2.75, 3.05) is 13.2 Å². The van der Waals surface area contributed by atoms with Crippen LogP contribution in [0.25, 0.3) is 0 Å². The van der Waals surface area contributed by atoms with Crippen molar-refractivity contribution in [1.82, 2.24) is 9.97 Å². The average molecular weight is 195 g/mol. The summed E-state index contributed by atoms with van der Waals surface area (Å²) < 4.78 is 5.02. The van der Waals surface area contributed by atoms with E-state index in [2.05, 4.69) is 9.97 Å². The van der Waals surface area contributed by atoms with Gasteiger partial charge in [0.25, 0.3) is 0 Å². The Morgan fingerprint density at radius 2 is 1.79 bits per heavy atom. The zero-order chi connectivity index (χ0) is 10.6. The fourth-order valence-corrected chi connectivity index (χ4v) is 1.10. The molecule has 0 aliphatic carbocycles. The van der Waals surface area contributed by atoms with Gasteiger partial charge in [-0.2, -0.15) is 0 Å². The Morgan fingerprint density at radius 1 is 1.29 bits per heavy atom. The first-order chi connectivity index (χ1) is 6.71. The number of aromatic nitrogens is 2. The fraction of sp³-hybridized carbons (Fsp3) is 0.600.